The number of hydrogen-bond donors (Lipinski definition) is 1. The Morgan fingerprint density at radius 1 is 1.21 bits per heavy atom. The molecule has 2 heterocycles. The first-order valence-corrected chi connectivity index (χ1v) is 6.71. The van der Waals surface area contributed by atoms with Gasteiger partial charge >= 0.3 is 0 Å². The first kappa shape index (κ1) is 11.9. The van der Waals surface area contributed by atoms with Crippen molar-refractivity contribution in [3.05, 3.63) is 59.4 Å². The average molecular weight is 273 g/mol. The maximum absolute atomic E-state index is 12.8. The highest BCUT2D eigenvalue weighted by Crippen LogP contribution is 2.28. The second kappa shape index (κ2) is 4.85. The van der Waals surface area contributed by atoms with Gasteiger partial charge in [0, 0.05) is 6.20 Å². The fourth-order valence-corrected chi connectivity index (χ4v) is 2.63. The molecule has 0 amide bonds. The molecular formula is C14H12FN3S. The van der Waals surface area contributed by atoms with E-state index < -0.39 is 0 Å². The number of nitrogens with zero attached hydrogens (tertiary/aromatic N) is 2. The van der Waals surface area contributed by atoms with E-state index in [4.69, 9.17) is 5.73 Å². The fraction of sp³-hybridized carbons (Fsp3) is 0.0714. The third-order valence-electron chi connectivity index (χ3n) is 2.80. The molecule has 0 bridgehead atoms. The standard InChI is InChI=1S/C14H12FN3S/c15-11-5-3-10(4-6-11)8-18-9-12(16)14(17-18)13-2-1-7-19-13/h1-7,9H,8,16H2. The summed E-state index contributed by atoms with van der Waals surface area (Å²) in [5.74, 6) is -0.233. The molecule has 0 fully saturated rings. The van der Waals surface area contributed by atoms with E-state index >= 15 is 0 Å². The van der Waals surface area contributed by atoms with Crippen LogP contribution in [0.2, 0.25) is 0 Å². The lowest BCUT2D eigenvalue weighted by Crippen LogP contribution is -2.00. The van der Waals surface area contributed by atoms with Gasteiger partial charge in [-0.1, -0.05) is 18.2 Å². The van der Waals surface area contributed by atoms with E-state index in [9.17, 15) is 4.39 Å². The van der Waals surface area contributed by atoms with Gasteiger partial charge in [0.2, 0.25) is 0 Å². The molecule has 19 heavy (non-hydrogen) atoms. The third-order valence-corrected chi connectivity index (χ3v) is 3.68. The molecule has 0 radical (unpaired) electrons. The summed E-state index contributed by atoms with van der Waals surface area (Å²) >= 11 is 1.61. The summed E-state index contributed by atoms with van der Waals surface area (Å²) in [4.78, 5) is 1.05. The number of aromatic nitrogens is 2. The molecule has 96 valence electrons. The Balaban J connectivity index is 1.87. The molecule has 2 N–H and O–H groups in total. The number of thiophene rings is 1. The van der Waals surface area contributed by atoms with E-state index in [-0.39, 0.29) is 5.82 Å². The van der Waals surface area contributed by atoms with Gasteiger partial charge in [0.15, 0.2) is 0 Å². The minimum Gasteiger partial charge on any atom is -0.396 e. The zero-order chi connectivity index (χ0) is 13.2. The largest absolute Gasteiger partial charge is 0.396 e. The van der Waals surface area contributed by atoms with Gasteiger partial charge in [-0.15, -0.1) is 11.3 Å². The van der Waals surface area contributed by atoms with Crippen LogP contribution >= 0.6 is 11.3 Å². The minimum atomic E-state index is -0.233. The molecule has 5 heteroatoms. The zero-order valence-electron chi connectivity index (χ0n) is 10.1. The van der Waals surface area contributed by atoms with E-state index in [1.165, 1.54) is 12.1 Å². The second-order valence-electron chi connectivity index (χ2n) is 4.23. The van der Waals surface area contributed by atoms with Crippen LogP contribution in [0.5, 0.6) is 0 Å². The van der Waals surface area contributed by atoms with Crippen molar-refractivity contribution in [3.8, 4) is 10.6 Å². The van der Waals surface area contributed by atoms with Crippen molar-refractivity contribution in [2.24, 2.45) is 0 Å². The van der Waals surface area contributed by atoms with Crippen LogP contribution < -0.4 is 5.73 Å². The highest BCUT2D eigenvalue weighted by Gasteiger charge is 2.09. The van der Waals surface area contributed by atoms with Gasteiger partial charge < -0.3 is 5.73 Å². The molecule has 2 aromatic heterocycles. The Kier molecular flexibility index (Phi) is 3.05. The second-order valence-corrected chi connectivity index (χ2v) is 5.18. The maximum Gasteiger partial charge on any atom is 0.125 e. The molecule has 0 saturated heterocycles. The highest BCUT2D eigenvalue weighted by molar-refractivity contribution is 7.13. The Bertz CT molecular complexity index is 671. The summed E-state index contributed by atoms with van der Waals surface area (Å²) in [7, 11) is 0. The molecule has 0 aliphatic carbocycles. The van der Waals surface area contributed by atoms with Gasteiger partial charge in [0.1, 0.15) is 11.5 Å². The van der Waals surface area contributed by atoms with Crippen molar-refractivity contribution in [1.82, 2.24) is 9.78 Å². The number of nitrogens with two attached hydrogens (primary N) is 1. The summed E-state index contributed by atoms with van der Waals surface area (Å²) in [6.45, 7) is 0.579. The summed E-state index contributed by atoms with van der Waals surface area (Å²) in [5.41, 5.74) is 8.42. The van der Waals surface area contributed by atoms with Crippen molar-refractivity contribution in [3.63, 3.8) is 0 Å². The minimum absolute atomic E-state index is 0.233. The molecule has 0 spiro atoms. The number of anilines is 1. The van der Waals surface area contributed by atoms with Gasteiger partial charge in [0.25, 0.3) is 0 Å². The first-order chi connectivity index (χ1) is 9.22. The number of benzene rings is 1. The van der Waals surface area contributed by atoms with E-state index in [0.717, 1.165) is 16.1 Å². The van der Waals surface area contributed by atoms with Crippen LogP contribution in [-0.2, 0) is 6.54 Å². The number of hydrogen-bond acceptors (Lipinski definition) is 3. The predicted octanol–water partition coefficient (Wildman–Crippen LogP) is 3.38. The number of nitrogen functional groups attached to an aromatic ring is 1. The first-order valence-electron chi connectivity index (χ1n) is 5.83. The molecule has 0 saturated carbocycles. The Hall–Kier alpha value is -2.14. The van der Waals surface area contributed by atoms with Crippen LogP contribution in [0.1, 0.15) is 5.56 Å². The Morgan fingerprint density at radius 2 is 2.00 bits per heavy atom. The van der Waals surface area contributed by atoms with Gasteiger partial charge in [-0.05, 0) is 29.1 Å². The van der Waals surface area contributed by atoms with Gasteiger partial charge in [-0.3, -0.25) is 4.68 Å². The normalized spacial score (nSPS) is 10.8. The summed E-state index contributed by atoms with van der Waals surface area (Å²) in [5, 5.41) is 6.47. The van der Waals surface area contributed by atoms with E-state index in [1.807, 2.05) is 17.5 Å². The number of rotatable bonds is 3. The summed E-state index contributed by atoms with van der Waals surface area (Å²) in [6.07, 6.45) is 1.80. The van der Waals surface area contributed by atoms with Crippen molar-refractivity contribution in [2.45, 2.75) is 6.54 Å². The molecule has 0 unspecified atom stereocenters. The molecule has 0 atom stereocenters. The fourth-order valence-electron chi connectivity index (χ4n) is 1.90. The molecule has 3 nitrogen and oxygen atoms in total. The van der Waals surface area contributed by atoms with Crippen LogP contribution in [0.15, 0.2) is 48.0 Å². The Morgan fingerprint density at radius 3 is 2.68 bits per heavy atom. The zero-order valence-corrected chi connectivity index (χ0v) is 10.9. The van der Waals surface area contributed by atoms with E-state index in [1.54, 1.807) is 34.3 Å². The van der Waals surface area contributed by atoms with E-state index in [0.29, 0.717) is 12.2 Å². The lowest BCUT2D eigenvalue weighted by atomic mass is 10.2. The quantitative estimate of drug-likeness (QED) is 0.795. The predicted molar refractivity (Wildman–Crippen MR) is 75.5 cm³/mol. The highest BCUT2D eigenvalue weighted by atomic mass is 32.1. The summed E-state index contributed by atoms with van der Waals surface area (Å²) < 4.78 is 14.6. The van der Waals surface area contributed by atoms with Crippen LogP contribution in [0, 0.1) is 5.82 Å². The van der Waals surface area contributed by atoms with Crippen molar-refractivity contribution in [1.29, 1.82) is 0 Å². The SMILES string of the molecule is Nc1cn(Cc2ccc(F)cc2)nc1-c1cccs1. The molecular weight excluding hydrogens is 261 g/mol. The van der Waals surface area contributed by atoms with Crippen molar-refractivity contribution >= 4 is 17.0 Å². The smallest absolute Gasteiger partial charge is 0.125 e. The van der Waals surface area contributed by atoms with E-state index in [2.05, 4.69) is 5.10 Å². The van der Waals surface area contributed by atoms with Crippen LogP contribution in [0.25, 0.3) is 10.6 Å². The average Bonchev–Trinajstić information content (AvgIpc) is 3.01. The van der Waals surface area contributed by atoms with Crippen molar-refractivity contribution in [2.75, 3.05) is 5.73 Å². The Labute approximate surface area is 114 Å². The maximum atomic E-state index is 12.8. The van der Waals surface area contributed by atoms with Gasteiger partial charge in [-0.25, -0.2) is 4.39 Å². The molecule has 3 aromatic rings. The van der Waals surface area contributed by atoms with Crippen LogP contribution in [0.4, 0.5) is 10.1 Å². The lowest BCUT2D eigenvalue weighted by molar-refractivity contribution is 0.624. The molecule has 0 aliphatic heterocycles. The van der Waals surface area contributed by atoms with Crippen molar-refractivity contribution < 1.29 is 4.39 Å². The molecule has 3 rings (SSSR count). The topological polar surface area (TPSA) is 43.8 Å². The summed E-state index contributed by atoms with van der Waals surface area (Å²) in [6, 6.07) is 10.4. The molecule has 1 aromatic carbocycles. The monoisotopic (exact) mass is 273 g/mol. The van der Waals surface area contributed by atoms with Crippen LogP contribution in [-0.4, -0.2) is 9.78 Å². The van der Waals surface area contributed by atoms with Crippen LogP contribution in [0.3, 0.4) is 0 Å². The van der Waals surface area contributed by atoms with Gasteiger partial charge in [0.05, 0.1) is 17.1 Å². The number of halogens is 1. The molecule has 0 aliphatic rings. The lowest BCUT2D eigenvalue weighted by Gasteiger charge is -2.01. The van der Waals surface area contributed by atoms with Gasteiger partial charge in [-0.2, -0.15) is 5.10 Å². The third kappa shape index (κ3) is 2.51.